The molecular formula is C13H18Cl2N2. The Morgan fingerprint density at radius 3 is 2.59 bits per heavy atom. The number of nitrogens with two attached hydrogens (primary N) is 1. The maximum Gasteiger partial charge on any atom is 0.0424 e. The fourth-order valence-corrected chi connectivity index (χ4v) is 3.02. The van der Waals surface area contributed by atoms with E-state index in [0.717, 1.165) is 26.2 Å². The van der Waals surface area contributed by atoms with Crippen LogP contribution >= 0.6 is 23.2 Å². The van der Waals surface area contributed by atoms with E-state index in [4.69, 9.17) is 28.9 Å². The maximum atomic E-state index is 6.00. The Morgan fingerprint density at radius 1 is 1.24 bits per heavy atom. The van der Waals surface area contributed by atoms with Crippen LogP contribution in [0.15, 0.2) is 18.2 Å². The molecule has 4 heteroatoms. The van der Waals surface area contributed by atoms with Crippen LogP contribution in [-0.4, -0.2) is 24.5 Å². The topological polar surface area (TPSA) is 29.3 Å². The van der Waals surface area contributed by atoms with Crippen LogP contribution in [0.25, 0.3) is 0 Å². The molecule has 1 fully saturated rings. The van der Waals surface area contributed by atoms with Crippen molar-refractivity contribution in [3.63, 3.8) is 0 Å². The number of halogens is 2. The van der Waals surface area contributed by atoms with Crippen molar-refractivity contribution < 1.29 is 0 Å². The Kier molecular flexibility index (Phi) is 4.69. The lowest BCUT2D eigenvalue weighted by Crippen LogP contribution is -2.37. The molecular weight excluding hydrogens is 255 g/mol. The largest absolute Gasteiger partial charge is 0.330 e. The summed E-state index contributed by atoms with van der Waals surface area (Å²) in [5.74, 6) is 0.637. The molecule has 0 saturated carbocycles. The molecule has 0 aromatic heterocycles. The van der Waals surface area contributed by atoms with Gasteiger partial charge in [-0.05, 0) is 55.6 Å². The van der Waals surface area contributed by atoms with E-state index in [1.54, 1.807) is 6.07 Å². The smallest absolute Gasteiger partial charge is 0.0424 e. The molecule has 1 atom stereocenters. The average molecular weight is 273 g/mol. The Morgan fingerprint density at radius 2 is 1.94 bits per heavy atom. The molecule has 0 bridgehead atoms. The summed E-state index contributed by atoms with van der Waals surface area (Å²) in [5, 5.41) is 1.42. The highest BCUT2D eigenvalue weighted by atomic mass is 35.5. The second kappa shape index (κ2) is 6.05. The number of hydrogen-bond acceptors (Lipinski definition) is 2. The molecule has 2 nitrogen and oxygen atoms in total. The van der Waals surface area contributed by atoms with Gasteiger partial charge in [-0.25, -0.2) is 0 Å². The van der Waals surface area contributed by atoms with Gasteiger partial charge in [0.05, 0.1) is 0 Å². The molecule has 0 unspecified atom stereocenters. The summed E-state index contributed by atoms with van der Waals surface area (Å²) >= 11 is 12.0. The van der Waals surface area contributed by atoms with Gasteiger partial charge in [-0.3, -0.25) is 4.90 Å². The molecule has 1 heterocycles. The Balaban J connectivity index is 2.00. The normalized spacial score (nSPS) is 21.7. The fraction of sp³-hybridized carbons (Fsp3) is 0.538. The van der Waals surface area contributed by atoms with E-state index >= 15 is 0 Å². The molecule has 1 saturated heterocycles. The van der Waals surface area contributed by atoms with Crippen LogP contribution in [0.2, 0.25) is 10.0 Å². The number of likely N-dealkylation sites (tertiary alicyclic amines) is 1. The van der Waals surface area contributed by atoms with Gasteiger partial charge in [0.2, 0.25) is 0 Å². The van der Waals surface area contributed by atoms with Crippen molar-refractivity contribution in [2.45, 2.75) is 19.4 Å². The number of rotatable bonds is 3. The third-order valence-corrected chi connectivity index (χ3v) is 3.70. The van der Waals surface area contributed by atoms with Gasteiger partial charge in [-0.15, -0.1) is 0 Å². The van der Waals surface area contributed by atoms with Crippen molar-refractivity contribution >= 4 is 23.2 Å². The summed E-state index contributed by atoms with van der Waals surface area (Å²) in [7, 11) is 0. The summed E-state index contributed by atoms with van der Waals surface area (Å²) in [5.41, 5.74) is 6.92. The first-order chi connectivity index (χ1) is 8.17. The summed E-state index contributed by atoms with van der Waals surface area (Å²) in [4.78, 5) is 2.43. The van der Waals surface area contributed by atoms with Gasteiger partial charge in [0, 0.05) is 23.1 Å². The van der Waals surface area contributed by atoms with E-state index in [2.05, 4.69) is 4.90 Å². The zero-order valence-electron chi connectivity index (χ0n) is 9.83. The maximum absolute atomic E-state index is 6.00. The monoisotopic (exact) mass is 272 g/mol. The summed E-state index contributed by atoms with van der Waals surface area (Å²) < 4.78 is 0. The molecule has 0 spiro atoms. The SMILES string of the molecule is NC[C@@H]1CCCN(Cc2cc(Cl)cc(Cl)c2)C1. The summed E-state index contributed by atoms with van der Waals surface area (Å²) in [6.45, 7) is 3.92. The third kappa shape index (κ3) is 3.85. The molecule has 1 aliphatic heterocycles. The Bertz CT molecular complexity index is 361. The average Bonchev–Trinajstić information content (AvgIpc) is 2.28. The number of hydrogen-bond donors (Lipinski definition) is 1. The Hall–Kier alpha value is -0.280. The van der Waals surface area contributed by atoms with Crippen LogP contribution < -0.4 is 5.73 Å². The predicted octanol–water partition coefficient (Wildman–Crippen LogP) is 3.16. The van der Waals surface area contributed by atoms with E-state index in [1.165, 1.54) is 18.4 Å². The van der Waals surface area contributed by atoms with Crippen LogP contribution in [0.3, 0.4) is 0 Å². The quantitative estimate of drug-likeness (QED) is 0.916. The lowest BCUT2D eigenvalue weighted by molar-refractivity contribution is 0.171. The second-order valence-electron chi connectivity index (χ2n) is 4.76. The minimum absolute atomic E-state index is 0.637. The minimum atomic E-state index is 0.637. The summed E-state index contributed by atoms with van der Waals surface area (Å²) in [6, 6.07) is 5.74. The van der Waals surface area contributed by atoms with Gasteiger partial charge in [0.1, 0.15) is 0 Å². The lowest BCUT2D eigenvalue weighted by atomic mass is 9.98. The number of piperidine rings is 1. The number of benzene rings is 1. The first-order valence-electron chi connectivity index (χ1n) is 6.05. The van der Waals surface area contributed by atoms with Crippen LogP contribution in [0.4, 0.5) is 0 Å². The van der Waals surface area contributed by atoms with Gasteiger partial charge < -0.3 is 5.73 Å². The van der Waals surface area contributed by atoms with Gasteiger partial charge in [-0.2, -0.15) is 0 Å². The van der Waals surface area contributed by atoms with Crippen LogP contribution in [0, 0.1) is 5.92 Å². The molecule has 1 aromatic rings. The fourth-order valence-electron chi connectivity index (χ4n) is 2.45. The molecule has 1 aromatic carbocycles. The number of nitrogens with zero attached hydrogens (tertiary/aromatic N) is 1. The highest BCUT2D eigenvalue weighted by molar-refractivity contribution is 6.34. The Labute approximate surface area is 113 Å². The molecule has 17 heavy (non-hydrogen) atoms. The highest BCUT2D eigenvalue weighted by Gasteiger charge is 2.18. The zero-order chi connectivity index (χ0) is 12.3. The van der Waals surface area contributed by atoms with Crippen molar-refractivity contribution in [3.8, 4) is 0 Å². The lowest BCUT2D eigenvalue weighted by Gasteiger charge is -2.32. The third-order valence-electron chi connectivity index (χ3n) is 3.26. The van der Waals surface area contributed by atoms with Gasteiger partial charge in [0.15, 0.2) is 0 Å². The summed E-state index contributed by atoms with van der Waals surface area (Å²) in [6.07, 6.45) is 2.49. The van der Waals surface area contributed by atoms with Crippen molar-refractivity contribution in [1.82, 2.24) is 4.90 Å². The van der Waals surface area contributed by atoms with Gasteiger partial charge >= 0.3 is 0 Å². The highest BCUT2D eigenvalue weighted by Crippen LogP contribution is 2.22. The van der Waals surface area contributed by atoms with E-state index < -0.39 is 0 Å². The molecule has 2 N–H and O–H groups in total. The molecule has 0 aliphatic carbocycles. The van der Waals surface area contributed by atoms with Crippen LogP contribution in [0.5, 0.6) is 0 Å². The minimum Gasteiger partial charge on any atom is -0.330 e. The van der Waals surface area contributed by atoms with Crippen LogP contribution in [-0.2, 0) is 6.54 Å². The van der Waals surface area contributed by atoms with E-state index in [9.17, 15) is 0 Å². The first kappa shape index (κ1) is 13.2. The molecule has 0 amide bonds. The standard InChI is InChI=1S/C13H18Cl2N2/c14-12-4-11(5-13(15)6-12)9-17-3-1-2-10(7-16)8-17/h4-6,10H,1-3,7-9,16H2/t10-/m0/s1. The first-order valence-corrected chi connectivity index (χ1v) is 6.80. The van der Waals surface area contributed by atoms with Gasteiger partial charge in [-0.1, -0.05) is 23.2 Å². The predicted molar refractivity (Wildman–Crippen MR) is 73.5 cm³/mol. The molecule has 1 aliphatic rings. The van der Waals surface area contributed by atoms with Crippen molar-refractivity contribution in [1.29, 1.82) is 0 Å². The van der Waals surface area contributed by atoms with Crippen molar-refractivity contribution in [2.75, 3.05) is 19.6 Å². The second-order valence-corrected chi connectivity index (χ2v) is 5.63. The van der Waals surface area contributed by atoms with Crippen LogP contribution in [0.1, 0.15) is 18.4 Å². The van der Waals surface area contributed by atoms with E-state index in [1.807, 2.05) is 12.1 Å². The molecule has 94 valence electrons. The van der Waals surface area contributed by atoms with Gasteiger partial charge in [0.25, 0.3) is 0 Å². The van der Waals surface area contributed by atoms with E-state index in [0.29, 0.717) is 16.0 Å². The van der Waals surface area contributed by atoms with Crippen molar-refractivity contribution in [2.24, 2.45) is 11.7 Å². The van der Waals surface area contributed by atoms with Crippen molar-refractivity contribution in [3.05, 3.63) is 33.8 Å². The zero-order valence-corrected chi connectivity index (χ0v) is 11.3. The molecule has 0 radical (unpaired) electrons. The molecule has 2 rings (SSSR count). The van der Waals surface area contributed by atoms with E-state index in [-0.39, 0.29) is 0 Å².